The van der Waals surface area contributed by atoms with Gasteiger partial charge in [0.1, 0.15) is 5.82 Å². The first-order valence-electron chi connectivity index (χ1n) is 6.65. The van der Waals surface area contributed by atoms with E-state index in [0.29, 0.717) is 19.6 Å². The molecule has 0 spiro atoms. The van der Waals surface area contributed by atoms with E-state index in [2.05, 4.69) is 27.5 Å². The van der Waals surface area contributed by atoms with Crippen LogP contribution in [-0.4, -0.2) is 47.5 Å². The topological polar surface area (TPSA) is 70.2 Å². The Bertz CT molecular complexity index is 379. The number of aromatic nitrogens is 2. The SMILES string of the molecule is CCCNc1cnc(CN(C)CC(=O)NCC)cn1. The molecule has 0 radical (unpaired) electrons. The number of nitrogens with one attached hydrogen (secondary N) is 2. The fourth-order valence-electron chi connectivity index (χ4n) is 1.61. The summed E-state index contributed by atoms with van der Waals surface area (Å²) < 4.78 is 0. The third kappa shape index (κ3) is 6.15. The van der Waals surface area contributed by atoms with Gasteiger partial charge in [-0.05, 0) is 20.4 Å². The number of carbonyl (C=O) groups excluding carboxylic acids is 1. The number of hydrogen-bond acceptors (Lipinski definition) is 5. The first-order chi connectivity index (χ1) is 9.15. The van der Waals surface area contributed by atoms with Crippen LogP contribution in [0.1, 0.15) is 26.0 Å². The summed E-state index contributed by atoms with van der Waals surface area (Å²) in [5.74, 6) is 0.816. The Morgan fingerprint density at radius 1 is 1.32 bits per heavy atom. The first kappa shape index (κ1) is 15.4. The molecular formula is C13H23N5O. The molecule has 0 aromatic carbocycles. The van der Waals surface area contributed by atoms with Crippen LogP contribution in [0.15, 0.2) is 12.4 Å². The molecule has 1 heterocycles. The zero-order valence-electron chi connectivity index (χ0n) is 11.9. The highest BCUT2D eigenvalue weighted by Gasteiger charge is 2.07. The van der Waals surface area contributed by atoms with Crippen LogP contribution in [0, 0.1) is 0 Å². The maximum atomic E-state index is 11.4. The van der Waals surface area contributed by atoms with Crippen LogP contribution >= 0.6 is 0 Å². The lowest BCUT2D eigenvalue weighted by Crippen LogP contribution is -2.34. The van der Waals surface area contributed by atoms with Gasteiger partial charge in [-0.2, -0.15) is 0 Å². The van der Waals surface area contributed by atoms with E-state index in [1.807, 2.05) is 18.9 Å². The molecule has 1 aromatic heterocycles. The van der Waals surface area contributed by atoms with Crippen LogP contribution in [0.2, 0.25) is 0 Å². The zero-order valence-corrected chi connectivity index (χ0v) is 11.9. The van der Waals surface area contributed by atoms with Crippen molar-refractivity contribution in [2.75, 3.05) is 32.0 Å². The van der Waals surface area contributed by atoms with Crippen LogP contribution in [0.25, 0.3) is 0 Å². The van der Waals surface area contributed by atoms with Gasteiger partial charge in [0, 0.05) is 19.6 Å². The van der Waals surface area contributed by atoms with Crippen molar-refractivity contribution < 1.29 is 4.79 Å². The monoisotopic (exact) mass is 265 g/mol. The third-order valence-corrected chi connectivity index (χ3v) is 2.48. The van der Waals surface area contributed by atoms with Gasteiger partial charge < -0.3 is 10.6 Å². The molecule has 0 fully saturated rings. The molecule has 19 heavy (non-hydrogen) atoms. The molecule has 6 nitrogen and oxygen atoms in total. The van der Waals surface area contributed by atoms with Crippen molar-refractivity contribution in [3.8, 4) is 0 Å². The average molecular weight is 265 g/mol. The van der Waals surface area contributed by atoms with Crippen molar-refractivity contribution in [2.45, 2.75) is 26.8 Å². The van der Waals surface area contributed by atoms with E-state index in [1.54, 1.807) is 12.4 Å². The lowest BCUT2D eigenvalue weighted by Gasteiger charge is -2.15. The number of likely N-dealkylation sites (N-methyl/N-ethyl adjacent to an activating group) is 2. The Morgan fingerprint density at radius 3 is 2.68 bits per heavy atom. The minimum atomic E-state index is 0.0270. The van der Waals surface area contributed by atoms with E-state index >= 15 is 0 Å². The summed E-state index contributed by atoms with van der Waals surface area (Å²) >= 11 is 0. The van der Waals surface area contributed by atoms with Gasteiger partial charge in [0.2, 0.25) is 5.91 Å². The summed E-state index contributed by atoms with van der Waals surface area (Å²) in [5, 5.41) is 5.94. The van der Waals surface area contributed by atoms with Crippen molar-refractivity contribution in [3.63, 3.8) is 0 Å². The van der Waals surface area contributed by atoms with E-state index in [0.717, 1.165) is 24.5 Å². The van der Waals surface area contributed by atoms with E-state index in [-0.39, 0.29) is 5.91 Å². The average Bonchev–Trinajstić information content (AvgIpc) is 2.38. The fraction of sp³-hybridized carbons (Fsp3) is 0.615. The zero-order chi connectivity index (χ0) is 14.1. The smallest absolute Gasteiger partial charge is 0.234 e. The molecule has 0 aliphatic carbocycles. The lowest BCUT2D eigenvalue weighted by atomic mass is 10.4. The minimum Gasteiger partial charge on any atom is -0.369 e. The van der Waals surface area contributed by atoms with Gasteiger partial charge >= 0.3 is 0 Å². The van der Waals surface area contributed by atoms with E-state index < -0.39 is 0 Å². The van der Waals surface area contributed by atoms with Gasteiger partial charge in [-0.25, -0.2) is 4.98 Å². The van der Waals surface area contributed by atoms with Crippen LogP contribution in [-0.2, 0) is 11.3 Å². The summed E-state index contributed by atoms with van der Waals surface area (Å²) in [4.78, 5) is 21.9. The third-order valence-electron chi connectivity index (χ3n) is 2.48. The second-order valence-corrected chi connectivity index (χ2v) is 4.45. The van der Waals surface area contributed by atoms with Gasteiger partial charge in [0.15, 0.2) is 0 Å². The molecule has 2 N–H and O–H groups in total. The Morgan fingerprint density at radius 2 is 2.11 bits per heavy atom. The molecule has 0 bridgehead atoms. The minimum absolute atomic E-state index is 0.0270. The van der Waals surface area contributed by atoms with E-state index in [9.17, 15) is 4.79 Å². The van der Waals surface area contributed by atoms with Gasteiger partial charge in [-0.15, -0.1) is 0 Å². The van der Waals surface area contributed by atoms with Gasteiger partial charge in [0.25, 0.3) is 0 Å². The van der Waals surface area contributed by atoms with Crippen LogP contribution in [0.4, 0.5) is 5.82 Å². The Labute approximate surface area is 114 Å². The van der Waals surface area contributed by atoms with Gasteiger partial charge in [0.05, 0.1) is 24.6 Å². The quantitative estimate of drug-likeness (QED) is 0.730. The Kier molecular flexibility index (Phi) is 6.81. The summed E-state index contributed by atoms with van der Waals surface area (Å²) in [7, 11) is 1.89. The molecule has 0 aliphatic heterocycles. The Hall–Kier alpha value is -1.69. The molecule has 1 aromatic rings. The summed E-state index contributed by atoms with van der Waals surface area (Å²) in [5.41, 5.74) is 0.855. The largest absolute Gasteiger partial charge is 0.369 e. The number of hydrogen-bond donors (Lipinski definition) is 2. The molecule has 0 saturated carbocycles. The molecular weight excluding hydrogens is 242 g/mol. The van der Waals surface area contributed by atoms with Crippen molar-refractivity contribution >= 4 is 11.7 Å². The summed E-state index contributed by atoms with van der Waals surface area (Å²) in [6.45, 7) is 6.54. The van der Waals surface area contributed by atoms with Crippen LogP contribution in [0.3, 0.4) is 0 Å². The number of amides is 1. The predicted octanol–water partition coefficient (Wildman–Crippen LogP) is 0.866. The maximum Gasteiger partial charge on any atom is 0.234 e. The highest BCUT2D eigenvalue weighted by molar-refractivity contribution is 5.77. The fourth-order valence-corrected chi connectivity index (χ4v) is 1.61. The molecule has 0 aliphatic rings. The summed E-state index contributed by atoms with van der Waals surface area (Å²) in [6, 6.07) is 0. The molecule has 1 rings (SSSR count). The maximum absolute atomic E-state index is 11.4. The molecule has 106 valence electrons. The Balaban J connectivity index is 2.41. The molecule has 6 heteroatoms. The predicted molar refractivity (Wildman–Crippen MR) is 75.8 cm³/mol. The number of nitrogens with zero attached hydrogens (tertiary/aromatic N) is 3. The van der Waals surface area contributed by atoms with E-state index in [4.69, 9.17) is 0 Å². The molecule has 0 atom stereocenters. The highest BCUT2D eigenvalue weighted by Crippen LogP contribution is 2.03. The van der Waals surface area contributed by atoms with Crippen LogP contribution in [0.5, 0.6) is 0 Å². The normalized spacial score (nSPS) is 10.5. The van der Waals surface area contributed by atoms with Crippen molar-refractivity contribution in [1.82, 2.24) is 20.2 Å². The van der Waals surface area contributed by atoms with Gasteiger partial charge in [-0.3, -0.25) is 14.7 Å². The van der Waals surface area contributed by atoms with E-state index in [1.165, 1.54) is 0 Å². The summed E-state index contributed by atoms with van der Waals surface area (Å²) in [6.07, 6.45) is 4.52. The number of carbonyl (C=O) groups is 1. The lowest BCUT2D eigenvalue weighted by molar-refractivity contribution is -0.121. The highest BCUT2D eigenvalue weighted by atomic mass is 16.1. The van der Waals surface area contributed by atoms with Gasteiger partial charge in [-0.1, -0.05) is 6.92 Å². The second-order valence-electron chi connectivity index (χ2n) is 4.45. The standard InChI is InChI=1S/C13H23N5O/c1-4-6-15-12-8-16-11(7-17-12)9-18(3)10-13(19)14-5-2/h7-8H,4-6,9-10H2,1-3H3,(H,14,19)(H,15,17). The molecule has 0 unspecified atom stereocenters. The van der Waals surface area contributed by atoms with Crippen molar-refractivity contribution in [1.29, 1.82) is 0 Å². The molecule has 1 amide bonds. The van der Waals surface area contributed by atoms with Crippen molar-refractivity contribution in [3.05, 3.63) is 18.1 Å². The number of anilines is 1. The second kappa shape index (κ2) is 8.42. The molecule has 0 saturated heterocycles. The van der Waals surface area contributed by atoms with Crippen LogP contribution < -0.4 is 10.6 Å². The first-order valence-corrected chi connectivity index (χ1v) is 6.65. The van der Waals surface area contributed by atoms with Crippen molar-refractivity contribution in [2.24, 2.45) is 0 Å². The number of rotatable bonds is 8.